The van der Waals surface area contributed by atoms with Crippen molar-refractivity contribution in [3.05, 3.63) is 0 Å². The summed E-state index contributed by atoms with van der Waals surface area (Å²) in [6.45, 7) is 1.36. The smallest absolute Gasteiger partial charge is 0.104 e. The maximum atomic E-state index is 8.97. The molecule has 0 spiro atoms. The summed E-state index contributed by atoms with van der Waals surface area (Å²) in [5.41, 5.74) is -0.0883. The van der Waals surface area contributed by atoms with Gasteiger partial charge in [0.15, 0.2) is 0 Å². The molecular formula is C10H15NO. The zero-order valence-electron chi connectivity index (χ0n) is 7.38. The fourth-order valence-corrected chi connectivity index (χ4v) is 2.34. The van der Waals surface area contributed by atoms with Gasteiger partial charge < -0.3 is 4.74 Å². The van der Waals surface area contributed by atoms with Gasteiger partial charge in [0.2, 0.25) is 0 Å². The maximum Gasteiger partial charge on any atom is 0.104 e. The summed E-state index contributed by atoms with van der Waals surface area (Å²) in [6.07, 6.45) is 6.50. The number of nitrogens with zero attached hydrogens (tertiary/aromatic N) is 1. The molecule has 2 aliphatic rings. The van der Waals surface area contributed by atoms with E-state index in [0.717, 1.165) is 12.3 Å². The van der Waals surface area contributed by atoms with E-state index in [-0.39, 0.29) is 5.41 Å². The van der Waals surface area contributed by atoms with Crippen LogP contribution in [0.4, 0.5) is 0 Å². The van der Waals surface area contributed by atoms with Crippen LogP contribution >= 0.6 is 0 Å². The molecule has 0 aromatic carbocycles. The number of rotatable bonds is 2. The summed E-state index contributed by atoms with van der Waals surface area (Å²) in [6, 6.07) is 2.42. The van der Waals surface area contributed by atoms with Gasteiger partial charge in [-0.25, -0.2) is 0 Å². The second-order valence-electron chi connectivity index (χ2n) is 4.24. The zero-order chi connectivity index (χ0) is 8.44. The van der Waals surface area contributed by atoms with Gasteiger partial charge >= 0.3 is 0 Å². The van der Waals surface area contributed by atoms with Gasteiger partial charge in [-0.3, -0.25) is 0 Å². The highest BCUT2D eigenvalue weighted by atomic mass is 16.5. The van der Waals surface area contributed by atoms with Gasteiger partial charge in [-0.15, -0.1) is 0 Å². The lowest BCUT2D eigenvalue weighted by atomic mass is 9.78. The summed E-state index contributed by atoms with van der Waals surface area (Å²) in [5, 5.41) is 8.97. The molecule has 1 saturated carbocycles. The quantitative estimate of drug-likeness (QED) is 0.627. The van der Waals surface area contributed by atoms with Crippen molar-refractivity contribution < 1.29 is 4.74 Å². The Morgan fingerprint density at radius 1 is 1.33 bits per heavy atom. The molecule has 2 heteroatoms. The molecule has 0 aromatic rings. The van der Waals surface area contributed by atoms with E-state index in [1.165, 1.54) is 25.7 Å². The lowest BCUT2D eigenvalue weighted by Crippen LogP contribution is -2.42. The van der Waals surface area contributed by atoms with Crippen LogP contribution in [0.5, 0.6) is 0 Å². The predicted molar refractivity (Wildman–Crippen MR) is 45.4 cm³/mol. The molecule has 0 N–H and O–H groups in total. The van der Waals surface area contributed by atoms with Crippen molar-refractivity contribution in [2.45, 2.75) is 32.1 Å². The first-order valence-corrected chi connectivity index (χ1v) is 4.84. The standard InChI is InChI=1S/C10H15NO/c11-6-10(7-12-8-10)5-9-3-1-2-4-9/h9H,1-5,7-8H2. The van der Waals surface area contributed by atoms with Gasteiger partial charge in [0.1, 0.15) is 5.41 Å². The number of nitriles is 1. The molecule has 2 nitrogen and oxygen atoms in total. The van der Waals surface area contributed by atoms with Crippen LogP contribution in [0.15, 0.2) is 0 Å². The molecule has 2 rings (SSSR count). The third kappa shape index (κ3) is 1.34. The molecule has 0 amide bonds. The Balaban J connectivity index is 1.88. The van der Waals surface area contributed by atoms with Gasteiger partial charge in [-0.2, -0.15) is 5.26 Å². The molecule has 0 atom stereocenters. The van der Waals surface area contributed by atoms with Crippen LogP contribution in [0.2, 0.25) is 0 Å². The second-order valence-corrected chi connectivity index (χ2v) is 4.24. The number of ether oxygens (including phenoxy) is 1. The summed E-state index contributed by atoms with van der Waals surface area (Å²) in [4.78, 5) is 0. The normalized spacial score (nSPS) is 27.9. The van der Waals surface area contributed by atoms with Gasteiger partial charge in [0, 0.05) is 0 Å². The van der Waals surface area contributed by atoms with Crippen molar-refractivity contribution in [1.82, 2.24) is 0 Å². The minimum atomic E-state index is -0.0883. The van der Waals surface area contributed by atoms with E-state index >= 15 is 0 Å². The molecule has 2 fully saturated rings. The molecule has 0 aromatic heterocycles. The van der Waals surface area contributed by atoms with Crippen molar-refractivity contribution in [3.63, 3.8) is 0 Å². The van der Waals surface area contributed by atoms with Gasteiger partial charge in [-0.05, 0) is 12.3 Å². The highest BCUT2D eigenvalue weighted by molar-refractivity contribution is 5.04. The predicted octanol–water partition coefficient (Wildman–Crippen LogP) is 2.11. The van der Waals surface area contributed by atoms with Crippen LogP contribution in [-0.2, 0) is 4.74 Å². The Morgan fingerprint density at radius 2 is 2.00 bits per heavy atom. The Kier molecular flexibility index (Phi) is 2.06. The minimum absolute atomic E-state index is 0.0883. The van der Waals surface area contributed by atoms with Crippen LogP contribution in [0.1, 0.15) is 32.1 Å². The first-order valence-electron chi connectivity index (χ1n) is 4.84. The van der Waals surface area contributed by atoms with Gasteiger partial charge in [-0.1, -0.05) is 25.7 Å². The fourth-order valence-electron chi connectivity index (χ4n) is 2.34. The van der Waals surface area contributed by atoms with Gasteiger partial charge in [0.25, 0.3) is 0 Å². The van der Waals surface area contributed by atoms with Crippen LogP contribution < -0.4 is 0 Å². The molecule has 12 heavy (non-hydrogen) atoms. The molecule has 1 aliphatic heterocycles. The highest BCUT2D eigenvalue weighted by Crippen LogP contribution is 2.39. The lowest BCUT2D eigenvalue weighted by Gasteiger charge is -2.36. The molecular weight excluding hydrogens is 150 g/mol. The van der Waals surface area contributed by atoms with Crippen LogP contribution in [0.3, 0.4) is 0 Å². The van der Waals surface area contributed by atoms with Crippen molar-refractivity contribution in [3.8, 4) is 6.07 Å². The van der Waals surface area contributed by atoms with Crippen LogP contribution in [0.25, 0.3) is 0 Å². The first kappa shape index (κ1) is 8.07. The van der Waals surface area contributed by atoms with Crippen LogP contribution in [0, 0.1) is 22.7 Å². The van der Waals surface area contributed by atoms with E-state index in [2.05, 4.69) is 6.07 Å². The average Bonchev–Trinajstić information content (AvgIpc) is 2.49. The summed E-state index contributed by atoms with van der Waals surface area (Å²) in [7, 11) is 0. The molecule has 66 valence electrons. The Hall–Kier alpha value is -0.550. The molecule has 0 radical (unpaired) electrons. The van der Waals surface area contributed by atoms with Gasteiger partial charge in [0.05, 0.1) is 19.3 Å². The average molecular weight is 165 g/mol. The second kappa shape index (κ2) is 3.06. The van der Waals surface area contributed by atoms with Crippen molar-refractivity contribution >= 4 is 0 Å². The largest absolute Gasteiger partial charge is 0.378 e. The van der Waals surface area contributed by atoms with E-state index in [4.69, 9.17) is 10.00 Å². The molecule has 0 unspecified atom stereocenters. The zero-order valence-corrected chi connectivity index (χ0v) is 7.38. The Bertz CT molecular complexity index is 196. The van der Waals surface area contributed by atoms with E-state index in [1.54, 1.807) is 0 Å². The highest BCUT2D eigenvalue weighted by Gasteiger charge is 2.41. The summed E-state index contributed by atoms with van der Waals surface area (Å²) in [5.74, 6) is 0.813. The van der Waals surface area contributed by atoms with E-state index in [9.17, 15) is 0 Å². The van der Waals surface area contributed by atoms with E-state index < -0.39 is 0 Å². The summed E-state index contributed by atoms with van der Waals surface area (Å²) < 4.78 is 5.12. The van der Waals surface area contributed by atoms with Crippen molar-refractivity contribution in [2.75, 3.05) is 13.2 Å². The molecule has 1 aliphatic carbocycles. The lowest BCUT2D eigenvalue weighted by molar-refractivity contribution is -0.0882. The Morgan fingerprint density at radius 3 is 2.42 bits per heavy atom. The number of hydrogen-bond donors (Lipinski definition) is 0. The van der Waals surface area contributed by atoms with Crippen molar-refractivity contribution in [1.29, 1.82) is 5.26 Å². The summed E-state index contributed by atoms with van der Waals surface area (Å²) >= 11 is 0. The third-order valence-corrected chi connectivity index (χ3v) is 3.15. The topological polar surface area (TPSA) is 33.0 Å². The van der Waals surface area contributed by atoms with Crippen LogP contribution in [-0.4, -0.2) is 13.2 Å². The van der Waals surface area contributed by atoms with E-state index in [0.29, 0.717) is 13.2 Å². The van der Waals surface area contributed by atoms with E-state index in [1.807, 2.05) is 0 Å². The number of hydrogen-bond acceptors (Lipinski definition) is 2. The third-order valence-electron chi connectivity index (χ3n) is 3.15. The maximum absolute atomic E-state index is 8.97. The van der Waals surface area contributed by atoms with Crippen molar-refractivity contribution in [2.24, 2.45) is 11.3 Å². The molecule has 0 bridgehead atoms. The molecule has 1 saturated heterocycles. The molecule has 1 heterocycles. The monoisotopic (exact) mass is 165 g/mol. The fraction of sp³-hybridized carbons (Fsp3) is 0.900. The Labute approximate surface area is 73.5 Å². The minimum Gasteiger partial charge on any atom is -0.378 e. The SMILES string of the molecule is N#CC1(CC2CCCC2)COC1. The first-order chi connectivity index (χ1) is 5.85.